The van der Waals surface area contributed by atoms with Crippen LogP contribution in [0.4, 0.5) is 13.2 Å². The smallest absolute Gasteiger partial charge is 0.416 e. The molecule has 0 radical (unpaired) electrons. The normalized spacial score (nSPS) is 27.1. The van der Waals surface area contributed by atoms with Gasteiger partial charge in [-0.1, -0.05) is 18.2 Å². The second-order valence-electron chi connectivity index (χ2n) is 9.96. The van der Waals surface area contributed by atoms with Gasteiger partial charge in [-0.15, -0.1) is 6.58 Å². The number of aliphatic hydroxyl groups is 1. The molecule has 4 unspecified atom stereocenters. The minimum Gasteiger partial charge on any atom is -0.497 e. The summed E-state index contributed by atoms with van der Waals surface area (Å²) in [6, 6.07) is 12.9. The van der Waals surface area contributed by atoms with Gasteiger partial charge in [-0.3, -0.25) is 4.98 Å². The fourth-order valence-corrected chi connectivity index (χ4v) is 6.28. The first-order valence-electron chi connectivity index (χ1n) is 12.0. The maximum atomic E-state index is 13.1. The summed E-state index contributed by atoms with van der Waals surface area (Å²) < 4.78 is 45.3. The van der Waals surface area contributed by atoms with Crippen molar-refractivity contribution in [3.8, 4) is 5.75 Å². The van der Waals surface area contributed by atoms with Gasteiger partial charge < -0.3 is 14.3 Å². The van der Waals surface area contributed by atoms with Gasteiger partial charge in [-0.2, -0.15) is 13.2 Å². The van der Waals surface area contributed by atoms with Crippen LogP contribution >= 0.6 is 0 Å². The number of benzene rings is 2. The number of ether oxygens (including phenoxy) is 1. The number of piperidine rings is 3. The summed E-state index contributed by atoms with van der Waals surface area (Å²) in [4.78, 5) is 4.45. The second kappa shape index (κ2) is 8.95. The van der Waals surface area contributed by atoms with E-state index in [9.17, 15) is 18.3 Å². The molecular formula is C28H30F3N2O2+. The summed E-state index contributed by atoms with van der Waals surface area (Å²) in [5, 5.41) is 12.7. The third kappa shape index (κ3) is 4.32. The molecule has 7 heteroatoms. The van der Waals surface area contributed by atoms with Gasteiger partial charge in [0.15, 0.2) is 0 Å². The van der Waals surface area contributed by atoms with Crippen LogP contribution in [-0.2, 0) is 12.7 Å². The van der Waals surface area contributed by atoms with Crippen molar-refractivity contribution in [1.29, 1.82) is 0 Å². The van der Waals surface area contributed by atoms with E-state index in [1.807, 2.05) is 30.3 Å². The van der Waals surface area contributed by atoms with Crippen LogP contribution in [0.15, 0.2) is 67.4 Å². The Morgan fingerprint density at radius 3 is 2.66 bits per heavy atom. The number of alkyl halides is 3. The lowest BCUT2D eigenvalue weighted by Gasteiger charge is -2.58. The Hall–Kier alpha value is -2.90. The van der Waals surface area contributed by atoms with E-state index in [0.717, 1.165) is 60.1 Å². The molecule has 0 aliphatic carbocycles. The van der Waals surface area contributed by atoms with Gasteiger partial charge in [-0.05, 0) is 47.9 Å². The van der Waals surface area contributed by atoms with E-state index in [0.29, 0.717) is 28.6 Å². The van der Waals surface area contributed by atoms with Crippen molar-refractivity contribution in [2.75, 3.05) is 20.2 Å². The zero-order valence-corrected chi connectivity index (χ0v) is 19.7. The van der Waals surface area contributed by atoms with Crippen molar-refractivity contribution >= 4 is 10.9 Å². The first-order chi connectivity index (χ1) is 16.7. The predicted octanol–water partition coefficient (Wildman–Crippen LogP) is 5.91. The summed E-state index contributed by atoms with van der Waals surface area (Å²) in [5.74, 6) is 1.48. The summed E-state index contributed by atoms with van der Waals surface area (Å²) in [5.41, 5.74) is 1.80. The highest BCUT2D eigenvalue weighted by Crippen LogP contribution is 2.48. The maximum absolute atomic E-state index is 13.1. The number of methoxy groups -OCH3 is 1. The number of rotatable bonds is 6. The maximum Gasteiger partial charge on any atom is 0.416 e. The van der Waals surface area contributed by atoms with E-state index < -0.39 is 17.8 Å². The number of fused-ring (bicyclic) bond motifs is 4. The fourth-order valence-electron chi connectivity index (χ4n) is 6.28. The lowest BCUT2D eigenvalue weighted by atomic mass is 9.71. The summed E-state index contributed by atoms with van der Waals surface area (Å²) in [7, 11) is 1.61. The number of aromatic nitrogens is 1. The molecule has 2 aromatic carbocycles. The number of halogens is 3. The molecule has 0 spiro atoms. The van der Waals surface area contributed by atoms with Crippen LogP contribution in [0.25, 0.3) is 10.9 Å². The molecule has 35 heavy (non-hydrogen) atoms. The second-order valence-corrected chi connectivity index (χ2v) is 9.96. The van der Waals surface area contributed by atoms with Crippen LogP contribution in [0.3, 0.4) is 0 Å². The Morgan fingerprint density at radius 1 is 1.20 bits per heavy atom. The number of hydrogen-bond donors (Lipinski definition) is 1. The van der Waals surface area contributed by atoms with E-state index in [1.165, 1.54) is 0 Å². The van der Waals surface area contributed by atoms with E-state index >= 15 is 0 Å². The third-order valence-corrected chi connectivity index (χ3v) is 8.12. The Balaban J connectivity index is 1.52. The van der Waals surface area contributed by atoms with Gasteiger partial charge in [0.05, 0.1) is 31.3 Å². The zero-order chi connectivity index (χ0) is 24.8. The Kier molecular flexibility index (Phi) is 6.09. The zero-order valence-electron chi connectivity index (χ0n) is 19.7. The number of pyridine rings is 1. The predicted molar refractivity (Wildman–Crippen MR) is 129 cm³/mol. The lowest BCUT2D eigenvalue weighted by Crippen LogP contribution is -2.67. The first-order valence-corrected chi connectivity index (χ1v) is 12.0. The standard InChI is InChI=1S/C28H30F3N2O2/c1-3-19-17-33(16-18-4-6-21(7-5-18)28(29,30)31)13-11-20(19)14-26(33)27(34)23-10-12-32-25-9-8-22(35-2)15-24(23)25/h3-10,12,15,19-20,26-27,34H,1,11,13-14,16-17H2,2H3/q+1/t19?,20?,26?,27?,33-/m1/s1. The van der Waals surface area contributed by atoms with E-state index in [4.69, 9.17) is 4.74 Å². The first kappa shape index (κ1) is 23.8. The van der Waals surface area contributed by atoms with Gasteiger partial charge in [-0.25, -0.2) is 0 Å². The quantitative estimate of drug-likeness (QED) is 0.350. The fraction of sp³-hybridized carbons (Fsp3) is 0.393. The summed E-state index contributed by atoms with van der Waals surface area (Å²) >= 11 is 0. The molecule has 1 N–H and O–H groups in total. The minimum absolute atomic E-state index is 0.0796. The Labute approximate surface area is 203 Å². The molecule has 184 valence electrons. The van der Waals surface area contributed by atoms with E-state index in [1.54, 1.807) is 25.4 Å². The average Bonchev–Trinajstić information content (AvgIpc) is 2.87. The van der Waals surface area contributed by atoms with Gasteiger partial charge in [0, 0.05) is 35.9 Å². The SMILES string of the molecule is C=CC1C[N@+]2(Cc3ccc(C(F)(F)F)cc3)CCC1CC2C(O)c1ccnc2ccc(OC)cc12. The highest BCUT2D eigenvalue weighted by atomic mass is 19.4. The van der Waals surface area contributed by atoms with Crippen LogP contribution in [0.2, 0.25) is 0 Å². The van der Waals surface area contributed by atoms with Crippen LogP contribution in [-0.4, -0.2) is 40.8 Å². The molecule has 6 rings (SSSR count). The van der Waals surface area contributed by atoms with Crippen molar-refractivity contribution in [1.82, 2.24) is 4.98 Å². The summed E-state index contributed by atoms with van der Waals surface area (Å²) in [6.07, 6.45) is 0.494. The molecule has 4 nitrogen and oxygen atoms in total. The van der Waals surface area contributed by atoms with Crippen LogP contribution in [0.5, 0.6) is 5.75 Å². The lowest BCUT2D eigenvalue weighted by molar-refractivity contribution is -0.984. The molecule has 4 heterocycles. The van der Waals surface area contributed by atoms with Crippen LogP contribution in [0.1, 0.15) is 35.6 Å². The molecule has 5 atom stereocenters. The topological polar surface area (TPSA) is 42.4 Å². The van der Waals surface area contributed by atoms with Crippen LogP contribution < -0.4 is 4.74 Å². The molecule has 3 aliphatic rings. The largest absolute Gasteiger partial charge is 0.497 e. The Morgan fingerprint density at radius 2 is 1.97 bits per heavy atom. The summed E-state index contributed by atoms with van der Waals surface area (Å²) in [6.45, 7) is 6.32. The highest BCUT2D eigenvalue weighted by molar-refractivity contribution is 5.83. The molecule has 3 aliphatic heterocycles. The molecule has 0 saturated carbocycles. The molecule has 0 amide bonds. The van der Waals surface area contributed by atoms with Crippen molar-refractivity contribution in [2.45, 2.75) is 37.7 Å². The molecule has 1 aromatic heterocycles. The van der Waals surface area contributed by atoms with E-state index in [2.05, 4.69) is 11.6 Å². The average molecular weight is 484 g/mol. The molecular weight excluding hydrogens is 453 g/mol. The third-order valence-electron chi connectivity index (χ3n) is 8.12. The van der Waals surface area contributed by atoms with Crippen molar-refractivity contribution in [3.05, 3.63) is 84.1 Å². The van der Waals surface area contributed by atoms with Crippen molar-refractivity contribution in [2.24, 2.45) is 11.8 Å². The van der Waals surface area contributed by atoms with Crippen LogP contribution in [0, 0.1) is 11.8 Å². The van der Waals surface area contributed by atoms with Crippen molar-refractivity contribution < 1.29 is 27.5 Å². The van der Waals surface area contributed by atoms with Crippen molar-refractivity contribution in [3.63, 3.8) is 0 Å². The molecule has 3 saturated heterocycles. The number of nitrogens with zero attached hydrogens (tertiary/aromatic N) is 2. The number of quaternary nitrogens is 1. The molecule has 2 bridgehead atoms. The minimum atomic E-state index is -4.36. The molecule has 3 fully saturated rings. The van der Waals surface area contributed by atoms with Gasteiger partial charge >= 0.3 is 6.18 Å². The van der Waals surface area contributed by atoms with Gasteiger partial charge in [0.2, 0.25) is 0 Å². The highest BCUT2D eigenvalue weighted by Gasteiger charge is 2.54. The Bertz CT molecular complexity index is 1230. The molecule has 3 aromatic rings. The van der Waals surface area contributed by atoms with Gasteiger partial charge in [0.1, 0.15) is 24.4 Å². The van der Waals surface area contributed by atoms with E-state index in [-0.39, 0.29) is 6.04 Å². The number of hydrogen-bond acceptors (Lipinski definition) is 3. The van der Waals surface area contributed by atoms with Gasteiger partial charge in [0.25, 0.3) is 0 Å². The number of aliphatic hydroxyl groups excluding tert-OH is 1. The monoisotopic (exact) mass is 483 g/mol.